The van der Waals surface area contributed by atoms with E-state index in [1.54, 1.807) is 60.7 Å². The van der Waals surface area contributed by atoms with Crippen molar-refractivity contribution in [3.63, 3.8) is 0 Å². The molecule has 0 aromatic heterocycles. The van der Waals surface area contributed by atoms with E-state index in [0.29, 0.717) is 22.6 Å². The molecule has 2 heterocycles. The first-order chi connectivity index (χ1) is 25.3. The lowest BCUT2D eigenvalue weighted by atomic mass is 10.1. The number of carbonyl (C=O) groups is 4. The number of rotatable bonds is 13. The maximum Gasteiger partial charge on any atom is 0.343 e. The molecule has 2 aliphatic rings. The zero-order valence-electron chi connectivity index (χ0n) is 28.0. The van der Waals surface area contributed by atoms with E-state index >= 15 is 0 Å². The first kappa shape index (κ1) is 35.6. The fourth-order valence-corrected chi connectivity index (χ4v) is 5.41. The predicted molar refractivity (Wildman–Crippen MR) is 186 cm³/mol. The second kappa shape index (κ2) is 16.6. The molecule has 52 heavy (non-hydrogen) atoms. The summed E-state index contributed by atoms with van der Waals surface area (Å²) in [6, 6.07) is 26.6. The molecule has 4 atom stereocenters. The first-order valence-corrected chi connectivity index (χ1v) is 16.2. The molecule has 266 valence electrons. The molecule has 0 bridgehead atoms. The van der Waals surface area contributed by atoms with Gasteiger partial charge in [-0.1, -0.05) is 43.0 Å². The molecule has 6 rings (SSSR count). The number of fused-ring (bicyclic) bond motifs is 1. The highest BCUT2D eigenvalue weighted by Gasteiger charge is 2.51. The van der Waals surface area contributed by atoms with Gasteiger partial charge in [0.05, 0.1) is 37.0 Å². The van der Waals surface area contributed by atoms with E-state index in [-0.39, 0.29) is 31.3 Å². The Bertz CT molecular complexity index is 1920. The summed E-state index contributed by atoms with van der Waals surface area (Å²) in [5.41, 5.74) is 2.74. The Labute approximate surface area is 299 Å². The molecule has 0 radical (unpaired) electrons. The fourth-order valence-electron chi connectivity index (χ4n) is 5.41. The molecule has 4 unspecified atom stereocenters. The van der Waals surface area contributed by atoms with Gasteiger partial charge in [-0.2, -0.15) is 0 Å². The van der Waals surface area contributed by atoms with Crippen molar-refractivity contribution in [1.82, 2.24) is 0 Å². The van der Waals surface area contributed by atoms with Gasteiger partial charge in [-0.15, -0.1) is 0 Å². The van der Waals surface area contributed by atoms with Gasteiger partial charge < -0.3 is 37.9 Å². The lowest BCUT2D eigenvalue weighted by molar-refractivity contribution is -0.144. The lowest BCUT2D eigenvalue weighted by Gasteiger charge is -2.17. The Kier molecular flexibility index (Phi) is 11.4. The lowest BCUT2D eigenvalue weighted by Crippen LogP contribution is -2.36. The highest BCUT2D eigenvalue weighted by atomic mass is 16.7. The van der Waals surface area contributed by atoms with Gasteiger partial charge in [0.15, 0.2) is 12.2 Å². The van der Waals surface area contributed by atoms with E-state index in [1.807, 2.05) is 24.3 Å². The van der Waals surface area contributed by atoms with Gasteiger partial charge in [-0.05, 0) is 83.9 Å². The smallest absolute Gasteiger partial charge is 0.343 e. The number of ether oxygens (including phenoxy) is 8. The van der Waals surface area contributed by atoms with Gasteiger partial charge in [0, 0.05) is 6.08 Å². The van der Waals surface area contributed by atoms with Crippen LogP contribution in [0.3, 0.4) is 0 Å². The van der Waals surface area contributed by atoms with Crippen molar-refractivity contribution in [3.8, 4) is 17.2 Å². The molecule has 2 fully saturated rings. The first-order valence-electron chi connectivity index (χ1n) is 16.2. The molecule has 0 amide bonds. The van der Waals surface area contributed by atoms with E-state index in [1.165, 1.54) is 31.4 Å². The van der Waals surface area contributed by atoms with Gasteiger partial charge in [0.1, 0.15) is 29.5 Å². The number of esters is 4. The molecule has 12 heteroatoms. The van der Waals surface area contributed by atoms with Crippen LogP contribution in [0.1, 0.15) is 42.2 Å². The molecule has 4 aromatic rings. The molecule has 2 aliphatic heterocycles. The van der Waals surface area contributed by atoms with Crippen molar-refractivity contribution in [1.29, 1.82) is 0 Å². The molecule has 4 aromatic carbocycles. The average molecular weight is 707 g/mol. The summed E-state index contributed by atoms with van der Waals surface area (Å²) in [5, 5.41) is 0. The molecule has 12 nitrogen and oxygen atoms in total. The Morgan fingerprint density at radius 1 is 0.635 bits per heavy atom. The largest absolute Gasteiger partial charge is 0.497 e. The van der Waals surface area contributed by atoms with Crippen molar-refractivity contribution >= 4 is 36.0 Å². The minimum Gasteiger partial charge on any atom is -0.497 e. The Morgan fingerprint density at radius 3 is 1.58 bits per heavy atom. The molecule has 0 N–H and O–H groups in total. The van der Waals surface area contributed by atoms with Crippen LogP contribution in [-0.4, -0.2) is 75.4 Å². The Morgan fingerprint density at radius 2 is 1.08 bits per heavy atom. The Hall–Kier alpha value is -6.24. The number of methoxy groups -OCH3 is 1. The number of benzene rings is 4. The molecular weight excluding hydrogens is 672 g/mol. The molecular formula is C40H34O12. The number of hydrogen-bond acceptors (Lipinski definition) is 12. The van der Waals surface area contributed by atoms with Gasteiger partial charge in [0.25, 0.3) is 0 Å². The average Bonchev–Trinajstić information content (AvgIpc) is 3.77. The SMILES string of the molecule is C=CC(=O)OCOc1ccc(/C=C/c2ccc(C(=O)OC3COC4C(OC(=O)c5ccc(OC(=O)c6ccc(OC)cc6)cc5)COC34)cc2)cc1. The third kappa shape index (κ3) is 8.91. The second-order valence-corrected chi connectivity index (χ2v) is 11.6. The summed E-state index contributed by atoms with van der Waals surface area (Å²) in [6.45, 7) is 3.29. The van der Waals surface area contributed by atoms with E-state index in [2.05, 4.69) is 6.58 Å². The van der Waals surface area contributed by atoms with Gasteiger partial charge >= 0.3 is 23.9 Å². The quantitative estimate of drug-likeness (QED) is 0.0421. The third-order valence-electron chi connectivity index (χ3n) is 8.19. The summed E-state index contributed by atoms with van der Waals surface area (Å²) in [4.78, 5) is 49.4. The highest BCUT2D eigenvalue weighted by Crippen LogP contribution is 2.32. The van der Waals surface area contributed by atoms with Gasteiger partial charge in [-0.25, -0.2) is 19.2 Å². The van der Waals surface area contributed by atoms with Crippen molar-refractivity contribution in [3.05, 3.63) is 138 Å². The molecule has 2 saturated heterocycles. The normalized spacial score (nSPS) is 18.9. The zero-order valence-corrected chi connectivity index (χ0v) is 28.0. The number of carbonyl (C=O) groups excluding carboxylic acids is 4. The van der Waals surface area contributed by atoms with Crippen LogP contribution in [0.4, 0.5) is 0 Å². The summed E-state index contributed by atoms with van der Waals surface area (Å²) in [6.07, 6.45) is 2.28. The maximum atomic E-state index is 13.0. The van der Waals surface area contributed by atoms with Crippen LogP contribution in [0.25, 0.3) is 12.2 Å². The van der Waals surface area contributed by atoms with Crippen LogP contribution >= 0.6 is 0 Å². The van der Waals surface area contributed by atoms with Crippen LogP contribution in [0.15, 0.2) is 110 Å². The van der Waals surface area contributed by atoms with Crippen LogP contribution in [0.2, 0.25) is 0 Å². The summed E-state index contributed by atoms with van der Waals surface area (Å²) < 4.78 is 43.7. The highest BCUT2D eigenvalue weighted by molar-refractivity contribution is 5.92. The van der Waals surface area contributed by atoms with Gasteiger partial charge in [-0.3, -0.25) is 0 Å². The zero-order chi connectivity index (χ0) is 36.5. The minimum atomic E-state index is -0.703. The molecule has 0 saturated carbocycles. The summed E-state index contributed by atoms with van der Waals surface area (Å²) in [7, 11) is 1.54. The van der Waals surface area contributed by atoms with Crippen molar-refractivity contribution in [2.75, 3.05) is 27.1 Å². The fraction of sp³-hybridized carbons (Fsp3) is 0.200. The predicted octanol–water partition coefficient (Wildman–Crippen LogP) is 5.70. The van der Waals surface area contributed by atoms with Crippen molar-refractivity contribution in [2.45, 2.75) is 24.4 Å². The number of hydrogen-bond donors (Lipinski definition) is 0. The van der Waals surface area contributed by atoms with E-state index in [4.69, 9.17) is 37.9 Å². The third-order valence-corrected chi connectivity index (χ3v) is 8.19. The van der Waals surface area contributed by atoms with Gasteiger partial charge in [0.2, 0.25) is 6.79 Å². The van der Waals surface area contributed by atoms with E-state index in [0.717, 1.165) is 17.2 Å². The molecule has 0 spiro atoms. The van der Waals surface area contributed by atoms with Crippen molar-refractivity contribution < 1.29 is 57.1 Å². The van der Waals surface area contributed by atoms with E-state index < -0.39 is 48.3 Å². The van der Waals surface area contributed by atoms with Crippen LogP contribution in [-0.2, 0) is 28.5 Å². The maximum absolute atomic E-state index is 13.0. The van der Waals surface area contributed by atoms with Crippen LogP contribution < -0.4 is 14.2 Å². The summed E-state index contributed by atoms with van der Waals surface area (Å²) >= 11 is 0. The topological polar surface area (TPSA) is 142 Å². The van der Waals surface area contributed by atoms with Crippen molar-refractivity contribution in [2.24, 2.45) is 0 Å². The van der Waals surface area contributed by atoms with E-state index in [9.17, 15) is 19.2 Å². The monoisotopic (exact) mass is 706 g/mol. The summed E-state index contributed by atoms with van der Waals surface area (Å²) in [5.74, 6) is -0.821. The minimum absolute atomic E-state index is 0.0780. The standard InChI is InChI=1S/C40H34O12/c1-3-35(41)49-24-48-31-16-8-26(9-17-31)5-4-25-6-10-27(11-7-25)39(43)51-33-22-46-37-34(23-47-36(33)37)52-40(44)29-14-20-32(21-15-29)50-38(42)28-12-18-30(45-2)19-13-28/h3-21,33-34,36-37H,1,22-24H2,2H3/b5-4+. The van der Waals surface area contributed by atoms with Crippen LogP contribution in [0.5, 0.6) is 17.2 Å². The van der Waals surface area contributed by atoms with Crippen LogP contribution in [0, 0.1) is 0 Å². The molecule has 0 aliphatic carbocycles. The Balaban J connectivity index is 0.952. The second-order valence-electron chi connectivity index (χ2n) is 11.6.